The van der Waals surface area contributed by atoms with Crippen LogP contribution in [0.5, 0.6) is 0 Å². The predicted molar refractivity (Wildman–Crippen MR) is 116 cm³/mol. The molecule has 1 aliphatic rings. The van der Waals surface area contributed by atoms with Crippen LogP contribution in [-0.4, -0.2) is 35.1 Å². The molecule has 0 radical (unpaired) electrons. The molecular formula is C20H32Cl2N4O. The standard InChI is InChI=1S/C20H30N4O.2ClH/c1-15(16-7-5-11-21-14-16)13-20(25)22-12-6-10-19-23-17-8-3-4-9-18(17)24(19)2;;/h3-4,8-9,15-16,21H,5-7,10-14H2,1-2H3,(H,22,25);2*1H. The molecule has 2 N–H and O–H groups in total. The van der Waals surface area contributed by atoms with Crippen LogP contribution in [0.2, 0.25) is 0 Å². The molecule has 152 valence electrons. The van der Waals surface area contributed by atoms with Gasteiger partial charge in [0.1, 0.15) is 5.82 Å². The topological polar surface area (TPSA) is 59.0 Å². The maximum atomic E-state index is 12.2. The first kappa shape index (κ1) is 23.7. The van der Waals surface area contributed by atoms with Crippen LogP contribution in [-0.2, 0) is 18.3 Å². The lowest BCUT2D eigenvalue weighted by molar-refractivity contribution is -0.122. The van der Waals surface area contributed by atoms with E-state index in [1.54, 1.807) is 0 Å². The normalized spacial score (nSPS) is 17.6. The van der Waals surface area contributed by atoms with Crippen LogP contribution < -0.4 is 10.6 Å². The van der Waals surface area contributed by atoms with Gasteiger partial charge in [0.05, 0.1) is 11.0 Å². The van der Waals surface area contributed by atoms with Gasteiger partial charge in [-0.3, -0.25) is 4.79 Å². The first-order chi connectivity index (χ1) is 12.1. The van der Waals surface area contributed by atoms with Crippen LogP contribution in [0.1, 0.15) is 38.4 Å². The van der Waals surface area contributed by atoms with E-state index in [1.165, 1.54) is 12.8 Å². The smallest absolute Gasteiger partial charge is 0.220 e. The molecule has 0 saturated carbocycles. The summed E-state index contributed by atoms with van der Waals surface area (Å²) in [4.78, 5) is 16.8. The number of hydrogen-bond acceptors (Lipinski definition) is 3. The molecule has 5 nitrogen and oxygen atoms in total. The zero-order valence-electron chi connectivity index (χ0n) is 16.2. The lowest BCUT2D eigenvalue weighted by Crippen LogP contribution is -2.35. The Morgan fingerprint density at radius 3 is 2.85 bits per heavy atom. The minimum absolute atomic E-state index is 0. The summed E-state index contributed by atoms with van der Waals surface area (Å²) in [7, 11) is 2.06. The van der Waals surface area contributed by atoms with E-state index in [1.807, 2.05) is 18.2 Å². The SMILES string of the molecule is CC(CC(=O)NCCCc1nc2ccccc2n1C)C1CCCNC1.Cl.Cl. The lowest BCUT2D eigenvalue weighted by Gasteiger charge is -2.28. The third kappa shape index (κ3) is 6.37. The zero-order valence-corrected chi connectivity index (χ0v) is 17.9. The number of carbonyl (C=O) groups excluding carboxylic acids is 1. The molecule has 2 aromatic rings. The second-order valence-electron chi connectivity index (χ2n) is 7.32. The van der Waals surface area contributed by atoms with Crippen LogP contribution in [0.4, 0.5) is 0 Å². The summed E-state index contributed by atoms with van der Waals surface area (Å²) in [5.41, 5.74) is 2.20. The number of benzene rings is 1. The van der Waals surface area contributed by atoms with E-state index in [2.05, 4.69) is 40.2 Å². The van der Waals surface area contributed by atoms with Gasteiger partial charge < -0.3 is 15.2 Å². The number of amides is 1. The lowest BCUT2D eigenvalue weighted by atomic mass is 9.85. The summed E-state index contributed by atoms with van der Waals surface area (Å²) in [6.07, 6.45) is 4.91. The fourth-order valence-electron chi connectivity index (χ4n) is 3.79. The summed E-state index contributed by atoms with van der Waals surface area (Å²) < 4.78 is 2.15. The van der Waals surface area contributed by atoms with E-state index < -0.39 is 0 Å². The highest BCUT2D eigenvalue weighted by Gasteiger charge is 2.21. The molecule has 0 aliphatic carbocycles. The molecule has 1 aromatic carbocycles. The van der Waals surface area contributed by atoms with Gasteiger partial charge in [-0.15, -0.1) is 24.8 Å². The number of piperidine rings is 1. The number of fused-ring (bicyclic) bond motifs is 1. The van der Waals surface area contributed by atoms with Crippen LogP contribution in [0.25, 0.3) is 11.0 Å². The number of rotatable bonds is 7. The van der Waals surface area contributed by atoms with Crippen molar-refractivity contribution in [2.75, 3.05) is 19.6 Å². The Bertz CT molecular complexity index is 713. The molecule has 27 heavy (non-hydrogen) atoms. The van der Waals surface area contributed by atoms with E-state index in [-0.39, 0.29) is 30.7 Å². The molecule has 3 rings (SSSR count). The Labute approximate surface area is 174 Å². The highest BCUT2D eigenvalue weighted by molar-refractivity contribution is 5.85. The Hall–Kier alpha value is -1.30. The van der Waals surface area contributed by atoms with E-state index in [0.29, 0.717) is 18.3 Å². The van der Waals surface area contributed by atoms with Gasteiger partial charge in [-0.25, -0.2) is 4.98 Å². The van der Waals surface area contributed by atoms with Crippen molar-refractivity contribution < 1.29 is 4.79 Å². The zero-order chi connectivity index (χ0) is 17.6. The highest BCUT2D eigenvalue weighted by atomic mass is 35.5. The maximum absolute atomic E-state index is 12.2. The van der Waals surface area contributed by atoms with Crippen LogP contribution >= 0.6 is 24.8 Å². The average Bonchev–Trinajstić information content (AvgIpc) is 2.96. The van der Waals surface area contributed by atoms with E-state index >= 15 is 0 Å². The fraction of sp³-hybridized carbons (Fsp3) is 0.600. The summed E-state index contributed by atoms with van der Waals surface area (Å²) in [6, 6.07) is 8.19. The number of carbonyl (C=O) groups is 1. The van der Waals surface area contributed by atoms with Gasteiger partial charge in [-0.05, 0) is 56.3 Å². The van der Waals surface area contributed by atoms with E-state index in [9.17, 15) is 4.79 Å². The summed E-state index contributed by atoms with van der Waals surface area (Å²) >= 11 is 0. The number of imidazole rings is 1. The first-order valence-corrected chi connectivity index (χ1v) is 9.53. The fourth-order valence-corrected chi connectivity index (χ4v) is 3.79. The van der Waals surface area contributed by atoms with Crippen LogP contribution in [0.15, 0.2) is 24.3 Å². The van der Waals surface area contributed by atoms with Crippen LogP contribution in [0, 0.1) is 11.8 Å². The van der Waals surface area contributed by atoms with Crippen molar-refractivity contribution in [2.24, 2.45) is 18.9 Å². The highest BCUT2D eigenvalue weighted by Crippen LogP contribution is 2.22. The molecule has 7 heteroatoms. The molecule has 1 fully saturated rings. The molecular weight excluding hydrogens is 383 g/mol. The van der Waals surface area contributed by atoms with Crippen LogP contribution in [0.3, 0.4) is 0 Å². The van der Waals surface area contributed by atoms with Crippen molar-refractivity contribution in [1.29, 1.82) is 0 Å². The Morgan fingerprint density at radius 2 is 2.15 bits per heavy atom. The number of para-hydroxylation sites is 2. The molecule has 1 saturated heterocycles. The van der Waals surface area contributed by atoms with E-state index in [0.717, 1.165) is 49.3 Å². The molecule has 1 amide bonds. The summed E-state index contributed by atoms with van der Waals surface area (Å²) in [5, 5.41) is 6.51. The molecule has 2 unspecified atom stereocenters. The molecule has 1 aliphatic heterocycles. The van der Waals surface area contributed by atoms with Crippen molar-refractivity contribution in [1.82, 2.24) is 20.2 Å². The summed E-state index contributed by atoms with van der Waals surface area (Å²) in [6.45, 7) is 5.10. The number of nitrogens with zero attached hydrogens (tertiary/aromatic N) is 2. The maximum Gasteiger partial charge on any atom is 0.220 e. The Balaban J connectivity index is 0.00000182. The predicted octanol–water partition coefficient (Wildman–Crippen LogP) is 3.49. The Kier molecular flexibility index (Phi) is 10.1. The minimum atomic E-state index is 0. The minimum Gasteiger partial charge on any atom is -0.356 e. The Morgan fingerprint density at radius 1 is 1.37 bits per heavy atom. The van der Waals surface area contributed by atoms with Gasteiger partial charge >= 0.3 is 0 Å². The monoisotopic (exact) mass is 414 g/mol. The van der Waals surface area contributed by atoms with Crippen molar-refractivity contribution in [3.8, 4) is 0 Å². The molecule has 0 spiro atoms. The molecule has 1 aromatic heterocycles. The second-order valence-corrected chi connectivity index (χ2v) is 7.32. The molecule has 2 atom stereocenters. The third-order valence-electron chi connectivity index (χ3n) is 5.43. The van der Waals surface area contributed by atoms with Crippen molar-refractivity contribution in [3.63, 3.8) is 0 Å². The van der Waals surface area contributed by atoms with Gasteiger partial charge in [-0.2, -0.15) is 0 Å². The number of aryl methyl sites for hydroxylation is 2. The third-order valence-corrected chi connectivity index (χ3v) is 5.43. The van der Waals surface area contributed by atoms with Gasteiger partial charge in [0.25, 0.3) is 0 Å². The number of halogens is 2. The van der Waals surface area contributed by atoms with Gasteiger partial charge in [-0.1, -0.05) is 19.1 Å². The van der Waals surface area contributed by atoms with Crippen molar-refractivity contribution in [3.05, 3.63) is 30.1 Å². The van der Waals surface area contributed by atoms with Crippen molar-refractivity contribution >= 4 is 41.8 Å². The van der Waals surface area contributed by atoms with E-state index in [4.69, 9.17) is 0 Å². The second kappa shape index (κ2) is 11.5. The number of hydrogen-bond donors (Lipinski definition) is 2. The van der Waals surface area contributed by atoms with Gasteiger partial charge in [0, 0.05) is 26.4 Å². The summed E-state index contributed by atoms with van der Waals surface area (Å²) in [5.74, 6) is 2.35. The average molecular weight is 415 g/mol. The molecule has 0 bridgehead atoms. The number of aromatic nitrogens is 2. The number of nitrogens with one attached hydrogen (secondary N) is 2. The molecule has 2 heterocycles. The first-order valence-electron chi connectivity index (χ1n) is 9.53. The van der Waals surface area contributed by atoms with Gasteiger partial charge in [0.2, 0.25) is 5.91 Å². The largest absolute Gasteiger partial charge is 0.356 e. The quantitative estimate of drug-likeness (QED) is 0.681. The van der Waals surface area contributed by atoms with Crippen molar-refractivity contribution in [2.45, 2.75) is 39.0 Å². The van der Waals surface area contributed by atoms with Gasteiger partial charge in [0.15, 0.2) is 0 Å².